The monoisotopic (exact) mass is 300 g/mol. The number of carbonyl (C=O) groups excluding carboxylic acids is 1. The number of piperazine rings is 1. The quantitative estimate of drug-likeness (QED) is 0.801. The first kappa shape index (κ1) is 14.6. The number of nitrogens with zero attached hydrogens (tertiary/aromatic N) is 2. The van der Waals surface area contributed by atoms with Crippen molar-refractivity contribution in [1.29, 1.82) is 0 Å². The van der Waals surface area contributed by atoms with Crippen LogP contribution in [-0.4, -0.2) is 54.3 Å². The van der Waals surface area contributed by atoms with Gasteiger partial charge in [0.15, 0.2) is 0 Å². The molecule has 19 heavy (non-hydrogen) atoms. The summed E-state index contributed by atoms with van der Waals surface area (Å²) in [5.74, 6) is 0.703. The molecule has 2 rings (SSSR count). The summed E-state index contributed by atoms with van der Waals surface area (Å²) in [5.41, 5.74) is 1.66. The van der Waals surface area contributed by atoms with E-state index >= 15 is 0 Å². The Morgan fingerprint density at radius 3 is 2.53 bits per heavy atom. The predicted molar refractivity (Wildman–Crippen MR) is 79.3 cm³/mol. The van der Waals surface area contributed by atoms with E-state index in [0.29, 0.717) is 16.5 Å². The zero-order valence-corrected chi connectivity index (χ0v) is 12.5. The molecule has 104 valence electrons. The van der Waals surface area contributed by atoms with Gasteiger partial charge in [0.2, 0.25) is 0 Å². The van der Waals surface area contributed by atoms with Crippen LogP contribution in [0.25, 0.3) is 0 Å². The van der Waals surface area contributed by atoms with Crippen molar-refractivity contribution in [3.05, 3.63) is 34.3 Å². The van der Waals surface area contributed by atoms with Gasteiger partial charge in [0.1, 0.15) is 0 Å². The third-order valence-corrected chi connectivity index (χ3v) is 4.06. The van der Waals surface area contributed by atoms with Gasteiger partial charge in [-0.3, -0.25) is 9.69 Å². The SMILES string of the molecule is Cc1ccc(C(=O)N2CCN(CCCl)CC2)cc1Cl. The molecule has 0 aromatic heterocycles. The van der Waals surface area contributed by atoms with Gasteiger partial charge in [0.25, 0.3) is 5.91 Å². The van der Waals surface area contributed by atoms with Gasteiger partial charge in [-0.05, 0) is 24.6 Å². The molecule has 1 aliphatic rings. The van der Waals surface area contributed by atoms with Crippen LogP contribution in [-0.2, 0) is 0 Å². The van der Waals surface area contributed by atoms with Crippen molar-refractivity contribution in [1.82, 2.24) is 9.80 Å². The normalized spacial score (nSPS) is 16.7. The molecule has 0 saturated carbocycles. The molecule has 1 fully saturated rings. The van der Waals surface area contributed by atoms with Gasteiger partial charge in [0, 0.05) is 49.2 Å². The van der Waals surface area contributed by atoms with Crippen molar-refractivity contribution >= 4 is 29.1 Å². The molecule has 1 amide bonds. The number of halogens is 2. The Balaban J connectivity index is 1.99. The van der Waals surface area contributed by atoms with Crippen LogP contribution >= 0.6 is 23.2 Å². The van der Waals surface area contributed by atoms with Gasteiger partial charge >= 0.3 is 0 Å². The second-order valence-corrected chi connectivity index (χ2v) is 5.57. The molecule has 1 aromatic carbocycles. The summed E-state index contributed by atoms with van der Waals surface area (Å²) < 4.78 is 0. The van der Waals surface area contributed by atoms with E-state index in [-0.39, 0.29) is 5.91 Å². The molecule has 5 heteroatoms. The van der Waals surface area contributed by atoms with Crippen LogP contribution in [0.5, 0.6) is 0 Å². The lowest BCUT2D eigenvalue weighted by Gasteiger charge is -2.34. The van der Waals surface area contributed by atoms with Gasteiger partial charge in [-0.15, -0.1) is 11.6 Å². The molecule has 0 spiro atoms. The van der Waals surface area contributed by atoms with Gasteiger partial charge in [0.05, 0.1) is 0 Å². The third-order valence-electron chi connectivity index (χ3n) is 3.48. The Hall–Kier alpha value is -0.770. The lowest BCUT2D eigenvalue weighted by atomic mass is 10.1. The molecule has 0 radical (unpaired) electrons. The lowest BCUT2D eigenvalue weighted by Crippen LogP contribution is -2.49. The molecule has 0 N–H and O–H groups in total. The maximum Gasteiger partial charge on any atom is 0.253 e. The highest BCUT2D eigenvalue weighted by atomic mass is 35.5. The minimum absolute atomic E-state index is 0.0624. The van der Waals surface area contributed by atoms with E-state index in [9.17, 15) is 4.79 Å². The lowest BCUT2D eigenvalue weighted by molar-refractivity contribution is 0.0644. The maximum absolute atomic E-state index is 12.4. The second-order valence-electron chi connectivity index (χ2n) is 4.79. The van der Waals surface area contributed by atoms with Crippen LogP contribution in [0, 0.1) is 6.92 Å². The number of aryl methyl sites for hydroxylation is 1. The number of hydrogen-bond donors (Lipinski definition) is 0. The summed E-state index contributed by atoms with van der Waals surface area (Å²) >= 11 is 11.8. The summed E-state index contributed by atoms with van der Waals surface area (Å²) in [6, 6.07) is 5.48. The van der Waals surface area contributed by atoms with Gasteiger partial charge in [-0.2, -0.15) is 0 Å². The van der Waals surface area contributed by atoms with Crippen molar-refractivity contribution < 1.29 is 4.79 Å². The Bertz CT molecular complexity index is 457. The van der Waals surface area contributed by atoms with Crippen molar-refractivity contribution in [2.45, 2.75) is 6.92 Å². The van der Waals surface area contributed by atoms with E-state index in [1.54, 1.807) is 6.07 Å². The van der Waals surface area contributed by atoms with Crippen LogP contribution in [0.1, 0.15) is 15.9 Å². The van der Waals surface area contributed by atoms with Crippen LogP contribution in [0.4, 0.5) is 0 Å². The Morgan fingerprint density at radius 2 is 1.95 bits per heavy atom. The zero-order chi connectivity index (χ0) is 13.8. The molecule has 0 bridgehead atoms. The number of carbonyl (C=O) groups is 1. The largest absolute Gasteiger partial charge is 0.336 e. The van der Waals surface area contributed by atoms with Crippen LogP contribution in [0.2, 0.25) is 5.02 Å². The molecule has 1 aliphatic heterocycles. The summed E-state index contributed by atoms with van der Waals surface area (Å²) in [6.45, 7) is 6.10. The zero-order valence-electron chi connectivity index (χ0n) is 11.0. The summed E-state index contributed by atoms with van der Waals surface area (Å²) in [4.78, 5) is 16.5. The van der Waals surface area contributed by atoms with E-state index < -0.39 is 0 Å². The average Bonchev–Trinajstić information content (AvgIpc) is 2.42. The molecule has 1 heterocycles. The molecule has 0 unspecified atom stereocenters. The highest BCUT2D eigenvalue weighted by Gasteiger charge is 2.21. The standard InChI is InChI=1S/C14H18Cl2N2O/c1-11-2-3-12(10-13(11)16)14(19)18-8-6-17(5-4-15)7-9-18/h2-3,10H,4-9H2,1H3. The third kappa shape index (κ3) is 3.62. The van der Waals surface area contributed by atoms with Crippen molar-refractivity contribution in [2.75, 3.05) is 38.6 Å². The minimum atomic E-state index is 0.0624. The Kier molecular flexibility index (Phi) is 5.08. The molecular weight excluding hydrogens is 283 g/mol. The number of benzene rings is 1. The number of rotatable bonds is 3. The first-order valence-corrected chi connectivity index (χ1v) is 7.37. The van der Waals surface area contributed by atoms with Crippen molar-refractivity contribution in [3.63, 3.8) is 0 Å². The van der Waals surface area contributed by atoms with Crippen molar-refractivity contribution in [2.24, 2.45) is 0 Å². The van der Waals surface area contributed by atoms with Crippen LogP contribution < -0.4 is 0 Å². The number of amides is 1. The average molecular weight is 301 g/mol. The Morgan fingerprint density at radius 1 is 1.26 bits per heavy atom. The smallest absolute Gasteiger partial charge is 0.253 e. The fourth-order valence-electron chi connectivity index (χ4n) is 2.20. The molecule has 3 nitrogen and oxygen atoms in total. The van der Waals surface area contributed by atoms with Gasteiger partial charge < -0.3 is 4.90 Å². The van der Waals surface area contributed by atoms with E-state index in [2.05, 4.69) is 4.90 Å². The van der Waals surface area contributed by atoms with Crippen LogP contribution in [0.3, 0.4) is 0 Å². The van der Waals surface area contributed by atoms with Crippen LogP contribution in [0.15, 0.2) is 18.2 Å². The highest BCUT2D eigenvalue weighted by molar-refractivity contribution is 6.31. The minimum Gasteiger partial charge on any atom is -0.336 e. The van der Waals surface area contributed by atoms with E-state index in [0.717, 1.165) is 38.3 Å². The first-order chi connectivity index (χ1) is 9.11. The van der Waals surface area contributed by atoms with E-state index in [1.165, 1.54) is 0 Å². The van der Waals surface area contributed by atoms with Crippen molar-refractivity contribution in [3.8, 4) is 0 Å². The first-order valence-electron chi connectivity index (χ1n) is 6.45. The molecule has 1 aromatic rings. The highest BCUT2D eigenvalue weighted by Crippen LogP contribution is 2.18. The molecular formula is C14H18Cl2N2O. The fourth-order valence-corrected chi connectivity index (χ4v) is 2.62. The number of alkyl halides is 1. The topological polar surface area (TPSA) is 23.6 Å². The van der Waals surface area contributed by atoms with E-state index in [4.69, 9.17) is 23.2 Å². The summed E-state index contributed by atoms with van der Waals surface area (Å²) in [6.07, 6.45) is 0. The summed E-state index contributed by atoms with van der Waals surface area (Å²) in [7, 11) is 0. The fraction of sp³-hybridized carbons (Fsp3) is 0.500. The maximum atomic E-state index is 12.4. The molecule has 1 saturated heterocycles. The number of hydrogen-bond acceptors (Lipinski definition) is 2. The predicted octanol–water partition coefficient (Wildman–Crippen LogP) is 2.65. The summed E-state index contributed by atoms with van der Waals surface area (Å²) in [5, 5.41) is 0.645. The molecule has 0 atom stereocenters. The Labute approximate surface area is 124 Å². The second kappa shape index (κ2) is 6.60. The van der Waals surface area contributed by atoms with Gasteiger partial charge in [-0.25, -0.2) is 0 Å². The molecule has 0 aliphatic carbocycles. The van der Waals surface area contributed by atoms with Gasteiger partial charge in [-0.1, -0.05) is 17.7 Å². The van der Waals surface area contributed by atoms with E-state index in [1.807, 2.05) is 24.0 Å².